The van der Waals surface area contributed by atoms with Gasteiger partial charge in [-0.3, -0.25) is 4.68 Å². The lowest BCUT2D eigenvalue weighted by Gasteiger charge is -2.04. The molecule has 0 atom stereocenters. The van der Waals surface area contributed by atoms with E-state index in [9.17, 15) is 0 Å². The lowest BCUT2D eigenvalue weighted by molar-refractivity contribution is 0.776. The number of hydrogen-bond donors (Lipinski definition) is 1. The largest absolute Gasteiger partial charge is 0.360 e. The first-order valence-electron chi connectivity index (χ1n) is 5.60. The van der Waals surface area contributed by atoms with Gasteiger partial charge in [0.15, 0.2) is 0 Å². The number of nitrogens with one attached hydrogen (secondary N) is 1. The van der Waals surface area contributed by atoms with Crippen LogP contribution in [0.4, 0.5) is 5.69 Å². The van der Waals surface area contributed by atoms with Crippen LogP contribution in [0.3, 0.4) is 0 Å². The van der Waals surface area contributed by atoms with Crippen molar-refractivity contribution in [3.8, 4) is 23.4 Å². The molecule has 0 amide bonds. The van der Waals surface area contributed by atoms with Gasteiger partial charge in [0.2, 0.25) is 0 Å². The predicted molar refractivity (Wildman–Crippen MR) is 71.6 cm³/mol. The van der Waals surface area contributed by atoms with Crippen LogP contribution in [0.5, 0.6) is 0 Å². The standard InChI is InChI=1S/C14H11N5/c1-19-14(6-7-18-19)12-2-4-13(5-3-12)17-10-11(8-15)9-16/h2-7,10,17H,1H3. The Kier molecular flexibility index (Phi) is 3.61. The van der Waals surface area contributed by atoms with Crippen molar-refractivity contribution in [3.63, 3.8) is 0 Å². The Morgan fingerprint density at radius 3 is 2.42 bits per heavy atom. The van der Waals surface area contributed by atoms with E-state index in [4.69, 9.17) is 10.5 Å². The molecule has 5 nitrogen and oxygen atoms in total. The molecule has 5 heteroatoms. The van der Waals surface area contributed by atoms with Crippen molar-refractivity contribution in [2.24, 2.45) is 7.05 Å². The minimum atomic E-state index is 0.0377. The van der Waals surface area contributed by atoms with Crippen molar-refractivity contribution >= 4 is 5.69 Å². The molecule has 2 rings (SSSR count). The molecular weight excluding hydrogens is 238 g/mol. The van der Waals surface area contributed by atoms with Crippen LogP contribution in [0.25, 0.3) is 11.3 Å². The van der Waals surface area contributed by atoms with Crippen molar-refractivity contribution < 1.29 is 0 Å². The summed E-state index contributed by atoms with van der Waals surface area (Å²) in [7, 11) is 1.89. The van der Waals surface area contributed by atoms with Crippen LogP contribution >= 0.6 is 0 Å². The molecule has 0 aliphatic carbocycles. The SMILES string of the molecule is Cn1nccc1-c1ccc(NC=C(C#N)C#N)cc1. The van der Waals surface area contributed by atoms with Gasteiger partial charge in [0.1, 0.15) is 17.7 Å². The molecule has 1 aromatic heterocycles. The predicted octanol–water partition coefficient (Wildman–Crippen LogP) is 2.43. The Hall–Kier alpha value is -3.05. The molecule has 1 N–H and O–H groups in total. The fourth-order valence-corrected chi connectivity index (χ4v) is 1.64. The van der Waals surface area contributed by atoms with Gasteiger partial charge in [-0.15, -0.1) is 0 Å². The first-order valence-corrected chi connectivity index (χ1v) is 5.60. The molecule has 0 bridgehead atoms. The van der Waals surface area contributed by atoms with Gasteiger partial charge in [-0.25, -0.2) is 0 Å². The van der Waals surface area contributed by atoms with E-state index in [0.717, 1.165) is 16.9 Å². The number of aryl methyl sites for hydroxylation is 1. The maximum absolute atomic E-state index is 8.61. The van der Waals surface area contributed by atoms with Gasteiger partial charge >= 0.3 is 0 Å². The normalized spacial score (nSPS) is 9.21. The quantitative estimate of drug-likeness (QED) is 0.847. The van der Waals surface area contributed by atoms with Crippen LogP contribution in [0.15, 0.2) is 48.3 Å². The van der Waals surface area contributed by atoms with Crippen LogP contribution in [0.2, 0.25) is 0 Å². The van der Waals surface area contributed by atoms with E-state index in [1.54, 1.807) is 23.0 Å². The third-order valence-electron chi connectivity index (χ3n) is 2.63. The minimum Gasteiger partial charge on any atom is -0.360 e. The Morgan fingerprint density at radius 2 is 1.89 bits per heavy atom. The van der Waals surface area contributed by atoms with Gasteiger partial charge < -0.3 is 5.32 Å². The average Bonchev–Trinajstić information content (AvgIpc) is 2.87. The fourth-order valence-electron chi connectivity index (χ4n) is 1.64. The monoisotopic (exact) mass is 249 g/mol. The van der Waals surface area contributed by atoms with Crippen molar-refractivity contribution in [1.29, 1.82) is 10.5 Å². The van der Waals surface area contributed by atoms with Gasteiger partial charge in [-0.2, -0.15) is 15.6 Å². The lowest BCUT2D eigenvalue weighted by atomic mass is 10.1. The van der Waals surface area contributed by atoms with Gasteiger partial charge in [-0.1, -0.05) is 12.1 Å². The van der Waals surface area contributed by atoms with Gasteiger partial charge in [0.05, 0.1) is 5.69 Å². The molecule has 0 aliphatic heterocycles. The van der Waals surface area contributed by atoms with E-state index in [2.05, 4.69) is 10.4 Å². The molecule has 0 unspecified atom stereocenters. The van der Waals surface area contributed by atoms with Crippen LogP contribution in [0.1, 0.15) is 0 Å². The second-order valence-corrected chi connectivity index (χ2v) is 3.84. The molecule has 92 valence electrons. The summed E-state index contributed by atoms with van der Waals surface area (Å²) in [6, 6.07) is 13.2. The maximum atomic E-state index is 8.61. The summed E-state index contributed by atoms with van der Waals surface area (Å²) in [6.45, 7) is 0. The molecule has 19 heavy (non-hydrogen) atoms. The maximum Gasteiger partial charge on any atom is 0.145 e. The number of nitrogens with zero attached hydrogens (tertiary/aromatic N) is 4. The number of hydrogen-bond acceptors (Lipinski definition) is 4. The molecule has 1 aromatic carbocycles. The summed E-state index contributed by atoms with van der Waals surface area (Å²) in [5.74, 6) is 0. The number of aromatic nitrogens is 2. The van der Waals surface area contributed by atoms with Gasteiger partial charge in [0, 0.05) is 25.1 Å². The van der Waals surface area contributed by atoms with E-state index in [1.165, 1.54) is 6.20 Å². The molecule has 0 aliphatic rings. The number of allylic oxidation sites excluding steroid dienone is 1. The Labute approximate surface area is 111 Å². The highest BCUT2D eigenvalue weighted by Gasteiger charge is 2.01. The Bertz CT molecular complexity index is 664. The number of rotatable bonds is 3. The molecule has 0 saturated heterocycles. The van der Waals surface area contributed by atoms with Crippen LogP contribution in [-0.2, 0) is 7.05 Å². The van der Waals surface area contributed by atoms with E-state index in [-0.39, 0.29) is 5.57 Å². The topological polar surface area (TPSA) is 77.4 Å². The van der Waals surface area contributed by atoms with Crippen molar-refractivity contribution in [3.05, 3.63) is 48.3 Å². The van der Waals surface area contributed by atoms with E-state index in [1.807, 2.05) is 37.4 Å². The molecule has 0 radical (unpaired) electrons. The average molecular weight is 249 g/mol. The highest BCUT2D eigenvalue weighted by atomic mass is 15.2. The molecule has 1 heterocycles. The summed E-state index contributed by atoms with van der Waals surface area (Å²) in [6.07, 6.45) is 3.13. The summed E-state index contributed by atoms with van der Waals surface area (Å²) in [5, 5.41) is 24.2. The summed E-state index contributed by atoms with van der Waals surface area (Å²) >= 11 is 0. The van der Waals surface area contributed by atoms with Crippen LogP contribution in [0, 0.1) is 22.7 Å². The third-order valence-corrected chi connectivity index (χ3v) is 2.63. The van der Waals surface area contributed by atoms with E-state index >= 15 is 0 Å². The van der Waals surface area contributed by atoms with Crippen molar-refractivity contribution in [2.45, 2.75) is 0 Å². The van der Waals surface area contributed by atoms with E-state index < -0.39 is 0 Å². The minimum absolute atomic E-state index is 0.0377. The number of benzene rings is 1. The van der Waals surface area contributed by atoms with Crippen molar-refractivity contribution in [2.75, 3.05) is 5.32 Å². The zero-order valence-corrected chi connectivity index (χ0v) is 10.3. The molecule has 0 saturated carbocycles. The van der Waals surface area contributed by atoms with Crippen LogP contribution in [-0.4, -0.2) is 9.78 Å². The zero-order chi connectivity index (χ0) is 13.7. The first kappa shape index (κ1) is 12.4. The second kappa shape index (κ2) is 5.52. The highest BCUT2D eigenvalue weighted by Crippen LogP contribution is 2.20. The lowest BCUT2D eigenvalue weighted by Crippen LogP contribution is -1.94. The Morgan fingerprint density at radius 1 is 1.21 bits per heavy atom. The molecule has 0 spiro atoms. The Balaban J connectivity index is 2.17. The van der Waals surface area contributed by atoms with Crippen LogP contribution < -0.4 is 5.32 Å². The number of anilines is 1. The fraction of sp³-hybridized carbons (Fsp3) is 0.0714. The van der Waals surface area contributed by atoms with Gasteiger partial charge in [-0.05, 0) is 23.8 Å². The summed E-state index contributed by atoms with van der Waals surface area (Å²) < 4.78 is 1.80. The second-order valence-electron chi connectivity index (χ2n) is 3.84. The highest BCUT2D eigenvalue weighted by molar-refractivity contribution is 5.63. The molecule has 2 aromatic rings. The molecular formula is C14H11N5. The summed E-state index contributed by atoms with van der Waals surface area (Å²) in [5.41, 5.74) is 2.93. The first-order chi connectivity index (χ1) is 9.24. The van der Waals surface area contributed by atoms with Gasteiger partial charge in [0.25, 0.3) is 0 Å². The van der Waals surface area contributed by atoms with Crippen molar-refractivity contribution in [1.82, 2.24) is 9.78 Å². The smallest absolute Gasteiger partial charge is 0.145 e. The summed E-state index contributed by atoms with van der Waals surface area (Å²) in [4.78, 5) is 0. The third kappa shape index (κ3) is 2.80. The number of nitriles is 2. The zero-order valence-electron chi connectivity index (χ0n) is 10.3. The molecule has 0 fully saturated rings. The van der Waals surface area contributed by atoms with E-state index in [0.29, 0.717) is 0 Å².